The molecule has 2 heterocycles. The van der Waals surface area contributed by atoms with Crippen molar-refractivity contribution in [3.05, 3.63) is 29.8 Å². The van der Waals surface area contributed by atoms with Gasteiger partial charge in [-0.1, -0.05) is 12.1 Å². The van der Waals surface area contributed by atoms with Crippen LogP contribution in [-0.2, 0) is 19.1 Å². The van der Waals surface area contributed by atoms with E-state index in [1.165, 1.54) is 5.56 Å². The molecule has 0 aromatic heterocycles. The third-order valence-electron chi connectivity index (χ3n) is 5.30. The monoisotopic (exact) mass is 401 g/mol. The van der Waals surface area contributed by atoms with Crippen LogP contribution in [0.2, 0.25) is 0 Å². The maximum Gasteiger partial charge on any atom is 0.320 e. The predicted octanol–water partition coefficient (Wildman–Crippen LogP) is 2.42. The molecule has 0 bridgehead atoms. The Morgan fingerprint density at radius 2 is 1.93 bits per heavy atom. The first-order chi connectivity index (χ1) is 13.7. The second-order valence-electron chi connectivity index (χ2n) is 8.91. The summed E-state index contributed by atoms with van der Waals surface area (Å²) in [5.74, 6) is -0.221. The summed E-state index contributed by atoms with van der Waals surface area (Å²) in [6.07, 6.45) is 2.83. The van der Waals surface area contributed by atoms with Crippen LogP contribution in [0.1, 0.15) is 57.9 Å². The lowest BCUT2D eigenvalue weighted by atomic mass is 9.89. The molecule has 7 nitrogen and oxygen atoms in total. The molecule has 1 unspecified atom stereocenters. The van der Waals surface area contributed by atoms with Gasteiger partial charge in [-0.2, -0.15) is 0 Å². The highest BCUT2D eigenvalue weighted by Crippen LogP contribution is 2.30. The van der Waals surface area contributed by atoms with Crippen LogP contribution >= 0.6 is 0 Å². The van der Waals surface area contributed by atoms with Crippen molar-refractivity contribution in [2.24, 2.45) is 0 Å². The fraction of sp³-hybridized carbons (Fsp3) is 0.591. The molecule has 2 N–H and O–H groups in total. The standard InChI is InChI=1S/C22H31N3O4/c1-22(2,3)29-20(27)14-25-11-9-15(10-12-25)16-5-4-6-17(13-16)23-18-7-8-19(26)24-21(18)28/h4-6,13,15,18,23H,7-12,14H2,1-3H3,(H,24,26,28). The third kappa shape index (κ3) is 6.29. The van der Waals surface area contributed by atoms with Gasteiger partial charge in [0.2, 0.25) is 11.8 Å². The average molecular weight is 402 g/mol. The van der Waals surface area contributed by atoms with E-state index in [1.54, 1.807) is 0 Å². The Morgan fingerprint density at radius 1 is 1.21 bits per heavy atom. The molecule has 0 saturated carbocycles. The van der Waals surface area contributed by atoms with Gasteiger partial charge in [0, 0.05) is 12.1 Å². The second kappa shape index (κ2) is 8.95. The Bertz CT molecular complexity index is 764. The van der Waals surface area contributed by atoms with E-state index in [2.05, 4.69) is 27.7 Å². The number of amides is 2. The molecule has 2 amide bonds. The van der Waals surface area contributed by atoms with Crippen molar-refractivity contribution in [1.82, 2.24) is 10.2 Å². The lowest BCUT2D eigenvalue weighted by Crippen LogP contribution is -2.47. The third-order valence-corrected chi connectivity index (χ3v) is 5.30. The molecule has 0 aliphatic carbocycles. The van der Waals surface area contributed by atoms with Gasteiger partial charge in [0.25, 0.3) is 0 Å². The van der Waals surface area contributed by atoms with Crippen molar-refractivity contribution in [1.29, 1.82) is 0 Å². The number of hydrogen-bond acceptors (Lipinski definition) is 6. The largest absolute Gasteiger partial charge is 0.459 e. The molecule has 158 valence electrons. The molecule has 0 radical (unpaired) electrons. The predicted molar refractivity (Wildman–Crippen MR) is 110 cm³/mol. The van der Waals surface area contributed by atoms with Gasteiger partial charge in [0.05, 0.1) is 6.54 Å². The summed E-state index contributed by atoms with van der Waals surface area (Å²) < 4.78 is 5.41. The highest BCUT2D eigenvalue weighted by molar-refractivity contribution is 6.01. The van der Waals surface area contributed by atoms with E-state index >= 15 is 0 Å². The first-order valence-electron chi connectivity index (χ1n) is 10.3. The number of rotatable bonds is 5. The molecule has 1 atom stereocenters. The van der Waals surface area contributed by atoms with Crippen molar-refractivity contribution < 1.29 is 19.1 Å². The zero-order chi connectivity index (χ0) is 21.0. The Balaban J connectivity index is 1.52. The van der Waals surface area contributed by atoms with Crippen LogP contribution in [-0.4, -0.2) is 54.0 Å². The maximum absolute atomic E-state index is 12.0. The molecule has 2 aliphatic heterocycles. The minimum atomic E-state index is -0.453. The minimum absolute atomic E-state index is 0.175. The molecular weight excluding hydrogens is 370 g/mol. The number of carbonyl (C=O) groups is 3. The summed E-state index contributed by atoms with van der Waals surface area (Å²) in [6, 6.07) is 7.78. The molecule has 3 rings (SSSR count). The van der Waals surface area contributed by atoms with Crippen molar-refractivity contribution >= 4 is 23.5 Å². The molecule has 0 spiro atoms. The number of imide groups is 1. The van der Waals surface area contributed by atoms with Crippen LogP contribution < -0.4 is 10.6 Å². The van der Waals surface area contributed by atoms with E-state index in [4.69, 9.17) is 4.74 Å². The van der Waals surface area contributed by atoms with Gasteiger partial charge in [-0.15, -0.1) is 0 Å². The lowest BCUT2D eigenvalue weighted by Gasteiger charge is -2.32. The smallest absolute Gasteiger partial charge is 0.320 e. The maximum atomic E-state index is 12.0. The Kier molecular flexibility index (Phi) is 6.57. The Hall–Kier alpha value is -2.41. The zero-order valence-corrected chi connectivity index (χ0v) is 17.5. The number of hydrogen-bond donors (Lipinski definition) is 2. The molecule has 7 heteroatoms. The Morgan fingerprint density at radius 3 is 2.59 bits per heavy atom. The van der Waals surface area contributed by atoms with Crippen LogP contribution in [0.25, 0.3) is 0 Å². The van der Waals surface area contributed by atoms with Gasteiger partial charge in [-0.3, -0.25) is 24.6 Å². The normalized spacial score (nSPS) is 21.6. The van der Waals surface area contributed by atoms with Gasteiger partial charge in [0.1, 0.15) is 11.6 Å². The van der Waals surface area contributed by atoms with Crippen molar-refractivity contribution in [2.75, 3.05) is 25.0 Å². The highest BCUT2D eigenvalue weighted by Gasteiger charge is 2.27. The number of anilines is 1. The van der Waals surface area contributed by atoms with Crippen molar-refractivity contribution in [2.45, 2.75) is 64.0 Å². The molecule has 29 heavy (non-hydrogen) atoms. The molecule has 2 saturated heterocycles. The number of carbonyl (C=O) groups excluding carboxylic acids is 3. The minimum Gasteiger partial charge on any atom is -0.459 e. The van der Waals surface area contributed by atoms with Gasteiger partial charge in [0.15, 0.2) is 0 Å². The summed E-state index contributed by atoms with van der Waals surface area (Å²) in [6.45, 7) is 7.69. The van der Waals surface area contributed by atoms with Gasteiger partial charge >= 0.3 is 5.97 Å². The highest BCUT2D eigenvalue weighted by atomic mass is 16.6. The van der Waals surface area contributed by atoms with Crippen molar-refractivity contribution in [3.63, 3.8) is 0 Å². The molecule has 2 aliphatic rings. The number of nitrogens with one attached hydrogen (secondary N) is 2. The fourth-order valence-corrected chi connectivity index (χ4v) is 3.90. The molecular formula is C22H31N3O4. The summed E-state index contributed by atoms with van der Waals surface area (Å²) in [5.41, 5.74) is 1.68. The number of benzene rings is 1. The van der Waals surface area contributed by atoms with E-state index in [1.807, 2.05) is 32.9 Å². The van der Waals surface area contributed by atoms with E-state index in [9.17, 15) is 14.4 Å². The number of piperidine rings is 2. The van der Waals surface area contributed by atoms with Crippen LogP contribution in [0, 0.1) is 0 Å². The van der Waals surface area contributed by atoms with E-state index in [0.29, 0.717) is 25.3 Å². The van der Waals surface area contributed by atoms with Gasteiger partial charge in [-0.25, -0.2) is 0 Å². The molecule has 1 aromatic rings. The SMILES string of the molecule is CC(C)(C)OC(=O)CN1CCC(c2cccc(NC3CCC(=O)NC3=O)c2)CC1. The molecule has 2 fully saturated rings. The quantitative estimate of drug-likeness (QED) is 0.582. The average Bonchev–Trinajstić information content (AvgIpc) is 2.63. The van der Waals surface area contributed by atoms with Crippen LogP contribution in [0.5, 0.6) is 0 Å². The van der Waals surface area contributed by atoms with Gasteiger partial charge in [-0.05, 0) is 76.7 Å². The Labute approximate surface area is 172 Å². The van der Waals surface area contributed by atoms with Crippen molar-refractivity contribution in [3.8, 4) is 0 Å². The van der Waals surface area contributed by atoms with Gasteiger partial charge < -0.3 is 10.1 Å². The first kappa shape index (κ1) is 21.3. The topological polar surface area (TPSA) is 87.7 Å². The van der Waals surface area contributed by atoms with E-state index < -0.39 is 5.60 Å². The first-order valence-corrected chi connectivity index (χ1v) is 10.3. The summed E-state index contributed by atoms with van der Waals surface area (Å²) in [5, 5.41) is 5.63. The van der Waals surface area contributed by atoms with Crippen LogP contribution in [0.15, 0.2) is 24.3 Å². The lowest BCUT2D eigenvalue weighted by molar-refractivity contribution is -0.156. The molecule has 1 aromatic carbocycles. The number of likely N-dealkylation sites (tertiary alicyclic amines) is 1. The summed E-state index contributed by atoms with van der Waals surface area (Å²) in [4.78, 5) is 37.5. The number of esters is 1. The van der Waals surface area contributed by atoms with E-state index in [0.717, 1.165) is 31.6 Å². The van der Waals surface area contributed by atoms with Crippen LogP contribution in [0.4, 0.5) is 5.69 Å². The second-order valence-corrected chi connectivity index (χ2v) is 8.91. The fourth-order valence-electron chi connectivity index (χ4n) is 3.90. The van der Waals surface area contributed by atoms with E-state index in [-0.39, 0.29) is 23.8 Å². The van der Waals surface area contributed by atoms with Crippen LogP contribution in [0.3, 0.4) is 0 Å². The number of ether oxygens (including phenoxy) is 1. The zero-order valence-electron chi connectivity index (χ0n) is 17.5. The summed E-state index contributed by atoms with van der Waals surface area (Å²) >= 11 is 0. The number of nitrogens with zero attached hydrogens (tertiary/aromatic N) is 1. The summed E-state index contributed by atoms with van der Waals surface area (Å²) in [7, 11) is 0.